The third-order valence-electron chi connectivity index (χ3n) is 4.62. The average Bonchev–Trinajstić information content (AvgIpc) is 2.55. The first-order chi connectivity index (χ1) is 11.4. The largest absolute Gasteiger partial charge is 0.342 e. The summed E-state index contributed by atoms with van der Waals surface area (Å²) in [4.78, 5) is 14.0. The van der Waals surface area contributed by atoms with Crippen molar-refractivity contribution in [2.75, 3.05) is 18.8 Å². The number of hydrogen-bond acceptors (Lipinski definition) is 3. The van der Waals surface area contributed by atoms with Crippen LogP contribution in [0.1, 0.15) is 19.8 Å². The summed E-state index contributed by atoms with van der Waals surface area (Å²) in [5, 5.41) is 0.565. The second-order valence-electron chi connectivity index (χ2n) is 6.41. The van der Waals surface area contributed by atoms with Crippen LogP contribution in [0.4, 0.5) is 4.39 Å². The zero-order valence-corrected chi connectivity index (χ0v) is 14.4. The van der Waals surface area contributed by atoms with Gasteiger partial charge in [0.05, 0.1) is 4.90 Å². The Labute approximate surface area is 141 Å². The van der Waals surface area contributed by atoms with E-state index >= 15 is 0 Å². The number of amides is 1. The van der Waals surface area contributed by atoms with E-state index in [0.717, 1.165) is 18.9 Å². The molecule has 2 aromatic carbocycles. The Morgan fingerprint density at radius 3 is 2.42 bits per heavy atom. The number of rotatable bonds is 3. The van der Waals surface area contributed by atoms with Gasteiger partial charge >= 0.3 is 0 Å². The van der Waals surface area contributed by atoms with Crippen LogP contribution in [0.2, 0.25) is 0 Å². The molecule has 4 nitrogen and oxygen atoms in total. The number of sulfone groups is 1. The fraction of sp³-hybridized carbons (Fsp3) is 0.389. The molecule has 1 aliphatic rings. The lowest BCUT2D eigenvalue weighted by Crippen LogP contribution is -2.41. The summed E-state index contributed by atoms with van der Waals surface area (Å²) < 4.78 is 39.3. The minimum absolute atomic E-state index is 0.0122. The second-order valence-corrected chi connectivity index (χ2v) is 8.37. The molecule has 128 valence electrons. The molecule has 6 heteroatoms. The van der Waals surface area contributed by atoms with Gasteiger partial charge in [-0.15, -0.1) is 0 Å². The third kappa shape index (κ3) is 3.29. The van der Waals surface area contributed by atoms with Gasteiger partial charge in [0.2, 0.25) is 5.91 Å². The van der Waals surface area contributed by atoms with E-state index in [2.05, 4.69) is 6.92 Å². The van der Waals surface area contributed by atoms with Crippen molar-refractivity contribution in [1.29, 1.82) is 0 Å². The van der Waals surface area contributed by atoms with Gasteiger partial charge in [-0.3, -0.25) is 4.79 Å². The fourth-order valence-corrected chi connectivity index (χ4v) is 4.55. The zero-order chi connectivity index (χ0) is 17.3. The standard InChI is InChI=1S/C18H20FNO3S/c1-13-8-10-20(11-9-13)18(21)12-24(22,23)17-7-6-16(19)14-4-2-3-5-15(14)17/h2-7,13H,8-12H2,1H3. The summed E-state index contributed by atoms with van der Waals surface area (Å²) in [6, 6.07) is 8.81. The van der Waals surface area contributed by atoms with Gasteiger partial charge < -0.3 is 4.90 Å². The molecule has 0 saturated carbocycles. The molecule has 0 radical (unpaired) electrons. The summed E-state index contributed by atoms with van der Waals surface area (Å²) in [7, 11) is -3.82. The predicted molar refractivity (Wildman–Crippen MR) is 90.9 cm³/mol. The van der Waals surface area contributed by atoms with E-state index in [1.165, 1.54) is 12.1 Å². The highest BCUT2D eigenvalue weighted by Gasteiger charge is 2.27. The van der Waals surface area contributed by atoms with Crippen molar-refractivity contribution in [2.45, 2.75) is 24.7 Å². The van der Waals surface area contributed by atoms with Crippen LogP contribution in [0, 0.1) is 11.7 Å². The third-order valence-corrected chi connectivity index (χ3v) is 6.27. The van der Waals surface area contributed by atoms with Crippen molar-refractivity contribution in [2.24, 2.45) is 5.92 Å². The van der Waals surface area contributed by atoms with E-state index in [1.54, 1.807) is 23.1 Å². The van der Waals surface area contributed by atoms with Crippen molar-refractivity contribution in [3.8, 4) is 0 Å². The fourth-order valence-electron chi connectivity index (χ4n) is 3.10. The van der Waals surface area contributed by atoms with E-state index in [0.29, 0.717) is 24.4 Å². The monoisotopic (exact) mass is 349 g/mol. The number of carbonyl (C=O) groups excluding carboxylic acids is 1. The molecule has 3 rings (SSSR count). The number of hydrogen-bond donors (Lipinski definition) is 0. The van der Waals surface area contributed by atoms with Gasteiger partial charge in [-0.2, -0.15) is 0 Å². The van der Waals surface area contributed by atoms with E-state index in [-0.39, 0.29) is 16.2 Å². The molecule has 0 aromatic heterocycles. The lowest BCUT2D eigenvalue weighted by Gasteiger charge is -2.30. The first kappa shape index (κ1) is 16.9. The molecule has 24 heavy (non-hydrogen) atoms. The van der Waals surface area contributed by atoms with Crippen LogP contribution in [-0.2, 0) is 14.6 Å². The molecule has 0 unspecified atom stereocenters. The molecular weight excluding hydrogens is 329 g/mol. The van der Waals surface area contributed by atoms with Gasteiger partial charge in [0.25, 0.3) is 0 Å². The molecule has 1 aliphatic heterocycles. The molecular formula is C18H20FNO3S. The molecule has 1 amide bonds. The maximum absolute atomic E-state index is 13.9. The van der Waals surface area contributed by atoms with E-state index in [4.69, 9.17) is 0 Å². The SMILES string of the molecule is CC1CCN(C(=O)CS(=O)(=O)c2ccc(F)c3ccccc23)CC1. The number of nitrogens with zero attached hydrogens (tertiary/aromatic N) is 1. The minimum Gasteiger partial charge on any atom is -0.342 e. The Kier molecular flexibility index (Phi) is 4.58. The lowest BCUT2D eigenvalue weighted by atomic mass is 9.99. The minimum atomic E-state index is -3.82. The van der Waals surface area contributed by atoms with Gasteiger partial charge in [-0.25, -0.2) is 12.8 Å². The van der Waals surface area contributed by atoms with Crippen LogP contribution in [-0.4, -0.2) is 38.1 Å². The molecule has 0 atom stereocenters. The lowest BCUT2D eigenvalue weighted by molar-refractivity contribution is -0.129. The number of likely N-dealkylation sites (tertiary alicyclic amines) is 1. The predicted octanol–water partition coefficient (Wildman–Crippen LogP) is 3.01. The highest BCUT2D eigenvalue weighted by molar-refractivity contribution is 7.92. The summed E-state index contributed by atoms with van der Waals surface area (Å²) in [5.41, 5.74) is 0. The van der Waals surface area contributed by atoms with Crippen LogP contribution < -0.4 is 0 Å². The van der Waals surface area contributed by atoms with Crippen LogP contribution >= 0.6 is 0 Å². The summed E-state index contributed by atoms with van der Waals surface area (Å²) in [6.07, 6.45) is 1.79. The Morgan fingerprint density at radius 1 is 1.12 bits per heavy atom. The zero-order valence-electron chi connectivity index (χ0n) is 13.5. The summed E-state index contributed by atoms with van der Waals surface area (Å²) >= 11 is 0. The van der Waals surface area contributed by atoms with Gasteiger partial charge in [0.15, 0.2) is 9.84 Å². The van der Waals surface area contributed by atoms with Gasteiger partial charge in [0, 0.05) is 23.9 Å². The first-order valence-corrected chi connectivity index (χ1v) is 9.71. The van der Waals surface area contributed by atoms with Crippen molar-refractivity contribution >= 4 is 26.5 Å². The Bertz CT molecular complexity index is 871. The molecule has 2 aromatic rings. The topological polar surface area (TPSA) is 54.5 Å². The first-order valence-electron chi connectivity index (χ1n) is 8.06. The van der Waals surface area contributed by atoms with Crippen LogP contribution in [0.5, 0.6) is 0 Å². The van der Waals surface area contributed by atoms with Crippen molar-refractivity contribution in [3.63, 3.8) is 0 Å². The van der Waals surface area contributed by atoms with E-state index < -0.39 is 21.4 Å². The summed E-state index contributed by atoms with van der Waals surface area (Å²) in [5.74, 6) is -0.861. The normalized spacial score (nSPS) is 16.5. The van der Waals surface area contributed by atoms with E-state index in [1.807, 2.05) is 0 Å². The molecule has 0 aliphatic carbocycles. The molecule has 0 spiro atoms. The number of halogens is 1. The van der Waals surface area contributed by atoms with Crippen LogP contribution in [0.15, 0.2) is 41.3 Å². The number of carbonyl (C=O) groups is 1. The maximum atomic E-state index is 13.9. The smallest absolute Gasteiger partial charge is 0.238 e. The molecule has 0 N–H and O–H groups in total. The molecule has 1 heterocycles. The van der Waals surface area contributed by atoms with Crippen molar-refractivity contribution in [3.05, 3.63) is 42.2 Å². The summed E-state index contributed by atoms with van der Waals surface area (Å²) in [6.45, 7) is 3.32. The van der Waals surface area contributed by atoms with Crippen LogP contribution in [0.25, 0.3) is 10.8 Å². The molecule has 0 bridgehead atoms. The highest BCUT2D eigenvalue weighted by atomic mass is 32.2. The van der Waals surface area contributed by atoms with Crippen LogP contribution in [0.3, 0.4) is 0 Å². The average molecular weight is 349 g/mol. The van der Waals surface area contributed by atoms with Gasteiger partial charge in [-0.05, 0) is 30.9 Å². The number of fused-ring (bicyclic) bond motifs is 1. The van der Waals surface area contributed by atoms with E-state index in [9.17, 15) is 17.6 Å². The van der Waals surface area contributed by atoms with Gasteiger partial charge in [0.1, 0.15) is 11.6 Å². The Balaban J connectivity index is 1.89. The van der Waals surface area contributed by atoms with Crippen molar-refractivity contribution in [1.82, 2.24) is 4.90 Å². The second kappa shape index (κ2) is 6.51. The number of benzene rings is 2. The highest BCUT2D eigenvalue weighted by Crippen LogP contribution is 2.26. The van der Waals surface area contributed by atoms with Gasteiger partial charge in [-0.1, -0.05) is 31.2 Å². The molecule has 1 saturated heterocycles. The Morgan fingerprint density at radius 2 is 1.75 bits per heavy atom. The number of piperidine rings is 1. The quantitative estimate of drug-likeness (QED) is 0.801. The molecule has 1 fully saturated rings. The Hall–Kier alpha value is -1.95. The van der Waals surface area contributed by atoms with Crippen molar-refractivity contribution < 1.29 is 17.6 Å². The maximum Gasteiger partial charge on any atom is 0.238 e.